The van der Waals surface area contributed by atoms with Gasteiger partial charge in [0.25, 0.3) is 11.8 Å². The Bertz CT molecular complexity index is 1220. The van der Waals surface area contributed by atoms with Crippen molar-refractivity contribution < 1.29 is 19.1 Å². The molecule has 1 fully saturated rings. The van der Waals surface area contributed by atoms with E-state index in [9.17, 15) is 14.4 Å². The molecule has 1 atom stereocenters. The van der Waals surface area contributed by atoms with Crippen LogP contribution >= 0.6 is 0 Å². The van der Waals surface area contributed by atoms with Crippen LogP contribution in [0.5, 0.6) is 0 Å². The average Bonchev–Trinajstić information content (AvgIpc) is 3.37. The van der Waals surface area contributed by atoms with E-state index >= 15 is 0 Å². The molecule has 188 valence electrons. The van der Waals surface area contributed by atoms with Gasteiger partial charge in [0.15, 0.2) is 0 Å². The lowest BCUT2D eigenvalue weighted by Gasteiger charge is -2.40. The Labute approximate surface area is 211 Å². The van der Waals surface area contributed by atoms with Crippen molar-refractivity contribution in [3.63, 3.8) is 0 Å². The third kappa shape index (κ3) is 5.48. The minimum Gasteiger partial charge on any atom is -0.465 e. The van der Waals surface area contributed by atoms with Gasteiger partial charge in [-0.15, -0.1) is 0 Å². The molecule has 1 aliphatic heterocycles. The molecule has 0 spiro atoms. The number of piperidine rings is 1. The molecule has 2 amide bonds. The summed E-state index contributed by atoms with van der Waals surface area (Å²) >= 11 is 0. The molecular formula is C28H32N4O4. The highest BCUT2D eigenvalue weighted by molar-refractivity contribution is 6.05. The number of hydrogen-bond donors (Lipinski definition) is 0. The van der Waals surface area contributed by atoms with E-state index < -0.39 is 5.97 Å². The van der Waals surface area contributed by atoms with Crippen molar-refractivity contribution in [1.29, 1.82) is 0 Å². The summed E-state index contributed by atoms with van der Waals surface area (Å²) < 4.78 is 6.48. The number of amides is 2. The summed E-state index contributed by atoms with van der Waals surface area (Å²) in [5.41, 5.74) is 2.21. The number of benzene rings is 2. The van der Waals surface area contributed by atoms with Crippen LogP contribution in [0.2, 0.25) is 0 Å². The first-order valence-corrected chi connectivity index (χ1v) is 12.2. The van der Waals surface area contributed by atoms with E-state index in [1.165, 1.54) is 7.11 Å². The fourth-order valence-electron chi connectivity index (χ4n) is 4.95. The maximum Gasteiger partial charge on any atom is 0.338 e. The highest BCUT2D eigenvalue weighted by atomic mass is 16.5. The quantitative estimate of drug-likeness (QED) is 0.476. The van der Waals surface area contributed by atoms with Crippen LogP contribution in [-0.4, -0.2) is 70.7 Å². The fraction of sp³-hybridized carbons (Fsp3) is 0.357. The number of aryl methyl sites for hydroxylation is 1. The molecule has 0 radical (unpaired) electrons. The highest BCUT2D eigenvalue weighted by Gasteiger charge is 2.34. The van der Waals surface area contributed by atoms with Crippen molar-refractivity contribution in [1.82, 2.24) is 19.6 Å². The predicted molar refractivity (Wildman–Crippen MR) is 136 cm³/mol. The van der Waals surface area contributed by atoms with E-state index in [-0.39, 0.29) is 29.3 Å². The number of carbonyl (C=O) groups excluding carboxylic acids is 3. The Hall–Kier alpha value is -3.94. The van der Waals surface area contributed by atoms with Crippen LogP contribution in [-0.2, 0) is 18.2 Å². The molecule has 2 aromatic carbocycles. The van der Waals surface area contributed by atoms with Gasteiger partial charge in [-0.3, -0.25) is 14.3 Å². The molecule has 8 heteroatoms. The summed E-state index contributed by atoms with van der Waals surface area (Å²) in [6, 6.07) is 18.6. The molecule has 8 nitrogen and oxygen atoms in total. The second kappa shape index (κ2) is 11.2. The smallest absolute Gasteiger partial charge is 0.338 e. The van der Waals surface area contributed by atoms with Gasteiger partial charge in [0.2, 0.25) is 0 Å². The number of hydrogen-bond acceptors (Lipinski definition) is 5. The second-order valence-corrected chi connectivity index (χ2v) is 9.21. The minimum atomic E-state index is -0.522. The van der Waals surface area contributed by atoms with Crippen LogP contribution in [0.1, 0.15) is 49.6 Å². The molecule has 36 heavy (non-hydrogen) atoms. The average molecular weight is 489 g/mol. The van der Waals surface area contributed by atoms with Crippen molar-refractivity contribution in [3.8, 4) is 0 Å². The summed E-state index contributed by atoms with van der Waals surface area (Å²) in [4.78, 5) is 42.3. The first-order valence-electron chi connectivity index (χ1n) is 12.2. The molecule has 0 saturated carbocycles. The highest BCUT2D eigenvalue weighted by Crippen LogP contribution is 2.28. The minimum absolute atomic E-state index is 0.0403. The van der Waals surface area contributed by atoms with Crippen LogP contribution in [0.3, 0.4) is 0 Å². The molecular weight excluding hydrogens is 456 g/mol. The second-order valence-electron chi connectivity index (χ2n) is 9.21. The molecule has 1 aromatic heterocycles. The van der Waals surface area contributed by atoms with Gasteiger partial charge in [-0.05, 0) is 48.9 Å². The summed E-state index contributed by atoms with van der Waals surface area (Å²) in [5.74, 6) is -0.594. The van der Waals surface area contributed by atoms with Gasteiger partial charge in [0.05, 0.1) is 18.2 Å². The number of likely N-dealkylation sites (tertiary alicyclic amines) is 1. The van der Waals surface area contributed by atoms with Crippen LogP contribution in [0.15, 0.2) is 66.9 Å². The van der Waals surface area contributed by atoms with E-state index in [0.29, 0.717) is 24.3 Å². The van der Waals surface area contributed by atoms with E-state index in [1.807, 2.05) is 30.1 Å². The van der Waals surface area contributed by atoms with Crippen molar-refractivity contribution in [2.24, 2.45) is 13.0 Å². The van der Waals surface area contributed by atoms with Crippen molar-refractivity contribution in [2.45, 2.75) is 25.3 Å². The lowest BCUT2D eigenvalue weighted by atomic mass is 9.84. The molecule has 3 aromatic rings. The van der Waals surface area contributed by atoms with Gasteiger partial charge in [0, 0.05) is 39.4 Å². The summed E-state index contributed by atoms with van der Waals surface area (Å²) in [6.07, 6.45) is 4.00. The molecule has 4 rings (SSSR count). The molecule has 0 unspecified atom stereocenters. The molecule has 2 heterocycles. The van der Waals surface area contributed by atoms with E-state index in [1.54, 1.807) is 53.2 Å². The third-order valence-corrected chi connectivity index (χ3v) is 6.97. The Morgan fingerprint density at radius 3 is 2.25 bits per heavy atom. The number of likely N-dealkylation sites (N-methyl/N-ethyl adjacent to an activating group) is 1. The maximum atomic E-state index is 13.3. The van der Waals surface area contributed by atoms with Crippen LogP contribution in [0.25, 0.3) is 0 Å². The molecule has 1 aliphatic rings. The monoisotopic (exact) mass is 488 g/mol. The Kier molecular flexibility index (Phi) is 7.83. The lowest BCUT2D eigenvalue weighted by Crippen LogP contribution is -2.48. The third-order valence-electron chi connectivity index (χ3n) is 6.97. The Morgan fingerprint density at radius 2 is 1.64 bits per heavy atom. The van der Waals surface area contributed by atoms with Gasteiger partial charge in [0.1, 0.15) is 5.69 Å². The van der Waals surface area contributed by atoms with E-state index in [0.717, 1.165) is 24.8 Å². The topological polar surface area (TPSA) is 84.7 Å². The fourth-order valence-corrected chi connectivity index (χ4v) is 4.95. The van der Waals surface area contributed by atoms with Crippen LogP contribution < -0.4 is 0 Å². The van der Waals surface area contributed by atoms with Gasteiger partial charge in [-0.1, -0.05) is 42.5 Å². The molecule has 0 bridgehead atoms. The molecule has 1 saturated heterocycles. The largest absolute Gasteiger partial charge is 0.465 e. The number of aromatic nitrogens is 2. The van der Waals surface area contributed by atoms with Crippen LogP contribution in [0, 0.1) is 5.92 Å². The van der Waals surface area contributed by atoms with Crippen LogP contribution in [0.4, 0.5) is 0 Å². The number of rotatable bonds is 7. The first kappa shape index (κ1) is 25.2. The van der Waals surface area contributed by atoms with Gasteiger partial charge < -0.3 is 14.5 Å². The maximum absolute atomic E-state index is 13.3. The summed E-state index contributed by atoms with van der Waals surface area (Å²) in [7, 11) is 4.95. The van der Waals surface area contributed by atoms with Gasteiger partial charge in [-0.25, -0.2) is 4.79 Å². The zero-order valence-corrected chi connectivity index (χ0v) is 21.0. The van der Waals surface area contributed by atoms with Crippen molar-refractivity contribution in [2.75, 3.05) is 27.2 Å². The number of nitrogens with zero attached hydrogens (tertiary/aromatic N) is 4. The number of carbonyl (C=O) groups is 3. The van der Waals surface area contributed by atoms with Gasteiger partial charge in [-0.2, -0.15) is 5.10 Å². The normalized spacial score (nSPS) is 14.8. The van der Waals surface area contributed by atoms with E-state index in [4.69, 9.17) is 4.74 Å². The lowest BCUT2D eigenvalue weighted by molar-refractivity contribution is 0.0512. The zero-order valence-electron chi connectivity index (χ0n) is 21.0. The summed E-state index contributed by atoms with van der Waals surface area (Å²) in [6.45, 7) is 1.10. The Balaban J connectivity index is 1.50. The first-order chi connectivity index (χ1) is 17.4. The number of esters is 1. The van der Waals surface area contributed by atoms with Gasteiger partial charge >= 0.3 is 5.97 Å². The SMILES string of the molecule is COC(=O)c1ccccc1C(=O)N1CCC([C@H](Cc2ccccc2)N(C)C(=O)c2ccn(C)n2)CC1. The molecule has 0 N–H and O–H groups in total. The van der Waals surface area contributed by atoms with E-state index in [2.05, 4.69) is 17.2 Å². The van der Waals surface area contributed by atoms with Crippen molar-refractivity contribution >= 4 is 17.8 Å². The van der Waals surface area contributed by atoms with Crippen molar-refractivity contribution in [3.05, 3.63) is 89.2 Å². The molecule has 0 aliphatic carbocycles. The standard InChI is InChI=1S/C28H32N4O4/c1-30-16-15-24(29-30)27(34)31(2)25(19-20-9-5-4-6-10-20)21-13-17-32(18-14-21)26(33)22-11-7-8-12-23(22)28(35)36-3/h4-12,15-16,21,25H,13-14,17-19H2,1-3H3/t25-/m0/s1. The predicted octanol–water partition coefficient (Wildman–Crippen LogP) is 3.44. The number of ether oxygens (including phenoxy) is 1. The Morgan fingerprint density at radius 1 is 1.00 bits per heavy atom. The number of methoxy groups -OCH3 is 1. The zero-order chi connectivity index (χ0) is 25.7. The summed E-state index contributed by atoms with van der Waals surface area (Å²) in [5, 5.41) is 4.30.